The number of halogens is 1. The van der Waals surface area contributed by atoms with Gasteiger partial charge < -0.3 is 20.3 Å². The lowest BCUT2D eigenvalue weighted by atomic mass is 9.96. The van der Waals surface area contributed by atoms with E-state index in [0.29, 0.717) is 29.8 Å². The second-order valence-electron chi connectivity index (χ2n) is 5.22. The van der Waals surface area contributed by atoms with Gasteiger partial charge in [-0.05, 0) is 24.1 Å². The average molecular weight is 316 g/mol. The lowest BCUT2D eigenvalue weighted by molar-refractivity contribution is 0.0819. The van der Waals surface area contributed by atoms with Gasteiger partial charge in [-0.25, -0.2) is 0 Å². The predicted molar refractivity (Wildman–Crippen MR) is 85.9 cm³/mol. The highest BCUT2D eigenvalue weighted by atomic mass is 35.5. The van der Waals surface area contributed by atoms with E-state index in [1.165, 1.54) is 0 Å². The van der Waals surface area contributed by atoms with Crippen molar-refractivity contribution in [1.29, 1.82) is 0 Å². The van der Waals surface area contributed by atoms with Crippen LogP contribution in [0, 0.1) is 5.92 Å². The zero-order valence-electron chi connectivity index (χ0n) is 12.8. The highest BCUT2D eigenvalue weighted by Gasteiger charge is 2.15. The first-order valence-corrected chi connectivity index (χ1v) is 7.89. The van der Waals surface area contributed by atoms with E-state index in [1.807, 2.05) is 0 Å². The highest BCUT2D eigenvalue weighted by molar-refractivity contribution is 6.30. The summed E-state index contributed by atoms with van der Waals surface area (Å²) in [5.74, 6) is 0.941. The van der Waals surface area contributed by atoms with Crippen LogP contribution >= 0.6 is 11.6 Å². The van der Waals surface area contributed by atoms with E-state index in [-0.39, 0.29) is 12.7 Å². The van der Waals surface area contributed by atoms with Crippen molar-refractivity contribution in [3.63, 3.8) is 0 Å². The van der Waals surface area contributed by atoms with Crippen LogP contribution in [0.15, 0.2) is 24.3 Å². The largest absolute Gasteiger partial charge is 0.491 e. The Balaban J connectivity index is 2.21. The molecule has 3 N–H and O–H groups in total. The van der Waals surface area contributed by atoms with Gasteiger partial charge >= 0.3 is 0 Å². The van der Waals surface area contributed by atoms with Crippen LogP contribution in [0.1, 0.15) is 26.7 Å². The summed E-state index contributed by atoms with van der Waals surface area (Å²) in [4.78, 5) is 0. The van der Waals surface area contributed by atoms with E-state index < -0.39 is 6.10 Å². The van der Waals surface area contributed by atoms with Gasteiger partial charge in [0.2, 0.25) is 0 Å². The molecule has 0 radical (unpaired) electrons. The SMILES string of the molecule is CCC(CC)C(O)CNCC(O)COc1cccc(Cl)c1. The Hall–Kier alpha value is -0.810. The van der Waals surface area contributed by atoms with Gasteiger partial charge in [0.25, 0.3) is 0 Å². The quantitative estimate of drug-likeness (QED) is 0.621. The standard InChI is InChI=1S/C16H26ClNO3/c1-3-12(4-2)16(20)10-18-9-14(19)11-21-15-7-5-6-13(17)8-15/h5-8,12,14,16,18-20H,3-4,9-11H2,1-2H3. The minimum Gasteiger partial charge on any atom is -0.491 e. The van der Waals surface area contributed by atoms with Crippen molar-refractivity contribution in [2.75, 3.05) is 19.7 Å². The smallest absolute Gasteiger partial charge is 0.120 e. The Morgan fingerprint density at radius 2 is 1.90 bits per heavy atom. The summed E-state index contributed by atoms with van der Waals surface area (Å²) in [6.45, 7) is 5.21. The molecule has 0 aliphatic rings. The summed E-state index contributed by atoms with van der Waals surface area (Å²) in [5.41, 5.74) is 0. The molecule has 1 rings (SSSR count). The van der Waals surface area contributed by atoms with Crippen molar-refractivity contribution in [3.05, 3.63) is 29.3 Å². The minimum absolute atomic E-state index is 0.189. The maximum Gasteiger partial charge on any atom is 0.120 e. The molecule has 0 fully saturated rings. The molecule has 2 atom stereocenters. The molecular formula is C16H26ClNO3. The first-order chi connectivity index (χ1) is 10.1. The summed E-state index contributed by atoms with van der Waals surface area (Å²) >= 11 is 5.85. The number of nitrogens with one attached hydrogen (secondary N) is 1. The number of rotatable bonds is 10. The van der Waals surface area contributed by atoms with Crippen LogP contribution in [0.25, 0.3) is 0 Å². The van der Waals surface area contributed by atoms with Gasteiger partial charge in [0.05, 0.1) is 6.10 Å². The van der Waals surface area contributed by atoms with Gasteiger partial charge in [0, 0.05) is 18.1 Å². The van der Waals surface area contributed by atoms with Crippen LogP contribution in [0.4, 0.5) is 0 Å². The van der Waals surface area contributed by atoms with E-state index in [2.05, 4.69) is 19.2 Å². The zero-order valence-corrected chi connectivity index (χ0v) is 13.5. The third-order valence-electron chi connectivity index (χ3n) is 3.56. The lowest BCUT2D eigenvalue weighted by Crippen LogP contribution is -2.38. The normalized spacial score (nSPS) is 14.2. The molecule has 0 bridgehead atoms. The molecular weight excluding hydrogens is 290 g/mol. The molecule has 1 aromatic carbocycles. The summed E-state index contributed by atoms with van der Waals surface area (Å²) in [5, 5.41) is 23.5. The molecule has 0 aliphatic heterocycles. The van der Waals surface area contributed by atoms with Crippen LogP contribution in [-0.2, 0) is 0 Å². The highest BCUT2D eigenvalue weighted by Crippen LogP contribution is 2.17. The fraction of sp³-hybridized carbons (Fsp3) is 0.625. The Morgan fingerprint density at radius 1 is 1.19 bits per heavy atom. The zero-order chi connectivity index (χ0) is 15.7. The Bertz CT molecular complexity index is 399. The summed E-state index contributed by atoms with van der Waals surface area (Å²) in [7, 11) is 0. The Kier molecular flexibility index (Phi) is 8.69. The molecule has 0 saturated carbocycles. The molecule has 21 heavy (non-hydrogen) atoms. The van der Waals surface area contributed by atoms with Crippen LogP contribution < -0.4 is 10.1 Å². The van der Waals surface area contributed by atoms with Crippen molar-refractivity contribution in [1.82, 2.24) is 5.32 Å². The third kappa shape index (κ3) is 7.14. The molecule has 2 unspecified atom stereocenters. The molecule has 0 aromatic heterocycles. The van der Waals surface area contributed by atoms with Crippen LogP contribution in [-0.4, -0.2) is 42.1 Å². The Morgan fingerprint density at radius 3 is 2.52 bits per heavy atom. The van der Waals surface area contributed by atoms with Crippen molar-refractivity contribution in [2.45, 2.75) is 38.9 Å². The topological polar surface area (TPSA) is 61.7 Å². The lowest BCUT2D eigenvalue weighted by Gasteiger charge is -2.21. The van der Waals surface area contributed by atoms with Gasteiger partial charge in [-0.15, -0.1) is 0 Å². The molecule has 0 spiro atoms. The van der Waals surface area contributed by atoms with E-state index in [4.69, 9.17) is 16.3 Å². The molecule has 1 aromatic rings. The molecule has 5 heteroatoms. The third-order valence-corrected chi connectivity index (χ3v) is 3.80. The molecule has 0 saturated heterocycles. The molecule has 0 amide bonds. The molecule has 4 nitrogen and oxygen atoms in total. The second-order valence-corrected chi connectivity index (χ2v) is 5.66. The second kappa shape index (κ2) is 10.0. The maximum atomic E-state index is 9.97. The number of hydrogen-bond acceptors (Lipinski definition) is 4. The first kappa shape index (κ1) is 18.2. The first-order valence-electron chi connectivity index (χ1n) is 7.52. The monoisotopic (exact) mass is 315 g/mol. The maximum absolute atomic E-state index is 9.97. The van der Waals surface area contributed by atoms with Gasteiger partial charge in [0.1, 0.15) is 18.5 Å². The average Bonchev–Trinajstić information content (AvgIpc) is 2.46. The van der Waals surface area contributed by atoms with Gasteiger partial charge in [0.15, 0.2) is 0 Å². The summed E-state index contributed by atoms with van der Waals surface area (Å²) in [6, 6.07) is 7.07. The summed E-state index contributed by atoms with van der Waals surface area (Å²) < 4.78 is 5.46. The van der Waals surface area contributed by atoms with Gasteiger partial charge in [-0.3, -0.25) is 0 Å². The molecule has 0 heterocycles. The van der Waals surface area contributed by atoms with E-state index >= 15 is 0 Å². The fourth-order valence-electron chi connectivity index (χ4n) is 2.21. The molecule has 0 aliphatic carbocycles. The van der Waals surface area contributed by atoms with E-state index in [0.717, 1.165) is 12.8 Å². The van der Waals surface area contributed by atoms with E-state index in [9.17, 15) is 10.2 Å². The molecule has 120 valence electrons. The van der Waals surface area contributed by atoms with Crippen molar-refractivity contribution in [3.8, 4) is 5.75 Å². The van der Waals surface area contributed by atoms with Crippen molar-refractivity contribution >= 4 is 11.6 Å². The number of hydrogen-bond donors (Lipinski definition) is 3. The van der Waals surface area contributed by atoms with Gasteiger partial charge in [-0.2, -0.15) is 0 Å². The Labute approximate surface area is 132 Å². The fourth-order valence-corrected chi connectivity index (χ4v) is 2.39. The minimum atomic E-state index is -0.627. The predicted octanol–water partition coefficient (Wildman–Crippen LogP) is 2.47. The van der Waals surface area contributed by atoms with Crippen LogP contribution in [0.3, 0.4) is 0 Å². The number of aliphatic hydroxyl groups excluding tert-OH is 2. The number of aliphatic hydroxyl groups is 2. The van der Waals surface area contributed by atoms with Crippen molar-refractivity contribution < 1.29 is 14.9 Å². The van der Waals surface area contributed by atoms with Gasteiger partial charge in [-0.1, -0.05) is 44.4 Å². The number of benzene rings is 1. The van der Waals surface area contributed by atoms with Crippen molar-refractivity contribution in [2.24, 2.45) is 5.92 Å². The van der Waals surface area contributed by atoms with Crippen LogP contribution in [0.5, 0.6) is 5.75 Å². The van der Waals surface area contributed by atoms with E-state index in [1.54, 1.807) is 24.3 Å². The van der Waals surface area contributed by atoms with Crippen LogP contribution in [0.2, 0.25) is 5.02 Å². The summed E-state index contributed by atoms with van der Waals surface area (Å²) in [6.07, 6.45) is 0.915. The number of ether oxygens (including phenoxy) is 1.